The molecular formula is C9H19O11P2S-. The van der Waals surface area contributed by atoms with Gasteiger partial charge in [0.1, 0.15) is 6.61 Å². The SMILES string of the molecule is CCC(CC(C)C(=O)OCCP(=O)(O)OP(=O)([O-])O)S(=O)(=O)O. The molecule has 0 heterocycles. The predicted octanol–water partition coefficient (Wildman–Crippen LogP) is -0.115. The van der Waals surface area contributed by atoms with Gasteiger partial charge >= 0.3 is 13.6 Å². The Labute approximate surface area is 133 Å². The highest BCUT2D eigenvalue weighted by Crippen LogP contribution is 2.54. The second kappa shape index (κ2) is 8.68. The maximum absolute atomic E-state index is 11.6. The third-order valence-corrected chi connectivity index (χ3v) is 6.71. The molecule has 0 amide bonds. The Balaban J connectivity index is 4.45. The van der Waals surface area contributed by atoms with Crippen LogP contribution < -0.4 is 4.89 Å². The van der Waals surface area contributed by atoms with Crippen molar-refractivity contribution in [3.8, 4) is 0 Å². The van der Waals surface area contributed by atoms with Crippen LogP contribution in [0.3, 0.4) is 0 Å². The Bertz CT molecular complexity index is 595. The molecule has 0 bridgehead atoms. The number of rotatable bonds is 10. The van der Waals surface area contributed by atoms with Crippen LogP contribution in [0, 0.1) is 5.92 Å². The zero-order valence-corrected chi connectivity index (χ0v) is 15.0. The molecule has 0 aromatic heterocycles. The first-order valence-electron chi connectivity index (χ1n) is 6.38. The van der Waals surface area contributed by atoms with Crippen LogP contribution in [-0.2, 0) is 33.1 Å². The zero-order chi connectivity index (χ0) is 18.5. The molecule has 4 atom stereocenters. The summed E-state index contributed by atoms with van der Waals surface area (Å²) in [5.41, 5.74) is 0. The van der Waals surface area contributed by atoms with Gasteiger partial charge in [-0.05, 0) is 12.8 Å². The minimum atomic E-state index is -5.41. The summed E-state index contributed by atoms with van der Waals surface area (Å²) in [7, 11) is -14.4. The van der Waals surface area contributed by atoms with Gasteiger partial charge in [-0.3, -0.25) is 18.5 Å². The molecular weight excluding hydrogens is 378 g/mol. The lowest BCUT2D eigenvalue weighted by molar-refractivity contribution is -0.211. The number of hydrogen-bond donors (Lipinski definition) is 3. The van der Waals surface area contributed by atoms with Crippen LogP contribution in [0.1, 0.15) is 26.7 Å². The highest BCUT2D eigenvalue weighted by Gasteiger charge is 2.29. The number of carbonyl (C=O) groups excluding carboxylic acids is 1. The van der Waals surface area contributed by atoms with Gasteiger partial charge in [-0.25, -0.2) is 4.31 Å². The molecule has 4 unspecified atom stereocenters. The van der Waals surface area contributed by atoms with E-state index in [1.165, 1.54) is 13.8 Å². The predicted molar refractivity (Wildman–Crippen MR) is 76.0 cm³/mol. The van der Waals surface area contributed by atoms with Gasteiger partial charge in [-0.15, -0.1) is 0 Å². The number of hydrogen-bond acceptors (Lipinski definition) is 8. The van der Waals surface area contributed by atoms with Crippen LogP contribution in [0.25, 0.3) is 0 Å². The van der Waals surface area contributed by atoms with Crippen LogP contribution in [0.5, 0.6) is 0 Å². The average molecular weight is 397 g/mol. The van der Waals surface area contributed by atoms with E-state index < -0.39 is 55.4 Å². The van der Waals surface area contributed by atoms with E-state index in [-0.39, 0.29) is 12.8 Å². The Morgan fingerprint density at radius 2 is 1.83 bits per heavy atom. The van der Waals surface area contributed by atoms with Crippen molar-refractivity contribution in [1.82, 2.24) is 0 Å². The van der Waals surface area contributed by atoms with E-state index >= 15 is 0 Å². The third kappa shape index (κ3) is 10.2. The van der Waals surface area contributed by atoms with Crippen LogP contribution >= 0.6 is 15.4 Å². The summed E-state index contributed by atoms with van der Waals surface area (Å²) in [6, 6.07) is 0. The van der Waals surface area contributed by atoms with E-state index in [0.717, 1.165) is 0 Å². The van der Waals surface area contributed by atoms with E-state index in [4.69, 9.17) is 14.3 Å². The molecule has 0 spiro atoms. The van der Waals surface area contributed by atoms with Gasteiger partial charge in [-0.1, -0.05) is 13.8 Å². The van der Waals surface area contributed by atoms with Gasteiger partial charge in [-0.2, -0.15) is 8.42 Å². The number of ether oxygens (including phenoxy) is 1. The first-order valence-corrected chi connectivity index (χ1v) is 11.1. The molecule has 0 radical (unpaired) electrons. The van der Waals surface area contributed by atoms with Crippen LogP contribution in [-0.4, -0.2) is 46.7 Å². The summed E-state index contributed by atoms with van der Waals surface area (Å²) in [5, 5.41) is -1.15. The van der Waals surface area contributed by atoms with Crippen molar-refractivity contribution in [2.75, 3.05) is 12.8 Å². The summed E-state index contributed by atoms with van der Waals surface area (Å²) < 4.78 is 60.8. The van der Waals surface area contributed by atoms with E-state index in [0.29, 0.717) is 0 Å². The monoisotopic (exact) mass is 397 g/mol. The smallest absolute Gasteiger partial charge is 0.337 e. The average Bonchev–Trinajstić information content (AvgIpc) is 2.30. The Morgan fingerprint density at radius 1 is 1.30 bits per heavy atom. The summed E-state index contributed by atoms with van der Waals surface area (Å²) >= 11 is 0. The summed E-state index contributed by atoms with van der Waals surface area (Å²) in [6.45, 7) is 2.16. The Morgan fingerprint density at radius 3 is 2.22 bits per heavy atom. The first-order chi connectivity index (χ1) is 10.2. The normalized spacial score (nSPS) is 20.1. The largest absolute Gasteiger partial charge is 0.756 e. The molecule has 0 saturated heterocycles. The number of esters is 1. The van der Waals surface area contributed by atoms with Crippen molar-refractivity contribution in [3.05, 3.63) is 0 Å². The van der Waals surface area contributed by atoms with E-state index in [9.17, 15) is 27.2 Å². The minimum absolute atomic E-state index is 0.0748. The van der Waals surface area contributed by atoms with Gasteiger partial charge in [0.2, 0.25) is 0 Å². The lowest BCUT2D eigenvalue weighted by Gasteiger charge is -2.20. The van der Waals surface area contributed by atoms with Crippen molar-refractivity contribution in [1.29, 1.82) is 0 Å². The van der Waals surface area contributed by atoms with Crippen LogP contribution in [0.2, 0.25) is 0 Å². The maximum atomic E-state index is 11.6. The molecule has 0 aromatic rings. The fourth-order valence-electron chi connectivity index (χ4n) is 1.60. The molecule has 0 fully saturated rings. The molecule has 14 heteroatoms. The van der Waals surface area contributed by atoms with E-state index in [1.807, 2.05) is 0 Å². The quantitative estimate of drug-likeness (QED) is 0.253. The second-order valence-corrected chi connectivity index (χ2v) is 9.77. The third-order valence-electron chi connectivity index (χ3n) is 2.74. The molecule has 0 aliphatic heterocycles. The number of carbonyl (C=O) groups is 1. The fourth-order valence-corrected chi connectivity index (χ4v) is 4.49. The maximum Gasteiger partial charge on any atom is 0.337 e. The van der Waals surface area contributed by atoms with Crippen LogP contribution in [0.4, 0.5) is 0 Å². The highest BCUT2D eigenvalue weighted by molar-refractivity contribution is 7.86. The molecule has 0 aromatic carbocycles. The number of phosphoric acid groups is 1. The summed E-state index contributed by atoms with van der Waals surface area (Å²) in [6.07, 6.45) is -1.02. The van der Waals surface area contributed by atoms with Gasteiger partial charge < -0.3 is 19.4 Å². The summed E-state index contributed by atoms with van der Waals surface area (Å²) in [5.74, 6) is -1.83. The molecule has 3 N–H and O–H groups in total. The van der Waals surface area contributed by atoms with Crippen molar-refractivity contribution >= 4 is 31.5 Å². The van der Waals surface area contributed by atoms with Crippen LogP contribution in [0.15, 0.2) is 0 Å². The molecule has 0 rings (SSSR count). The van der Waals surface area contributed by atoms with E-state index in [1.54, 1.807) is 0 Å². The fraction of sp³-hybridized carbons (Fsp3) is 0.889. The van der Waals surface area contributed by atoms with Gasteiger partial charge in [0.15, 0.2) is 0 Å². The van der Waals surface area contributed by atoms with Gasteiger partial charge in [0.05, 0.1) is 17.3 Å². The zero-order valence-electron chi connectivity index (χ0n) is 12.4. The molecule has 11 nitrogen and oxygen atoms in total. The lowest BCUT2D eigenvalue weighted by atomic mass is 10.0. The minimum Gasteiger partial charge on any atom is -0.756 e. The Kier molecular flexibility index (Phi) is 8.56. The Hall–Kier alpha value is -0.320. The highest BCUT2D eigenvalue weighted by atomic mass is 32.2. The molecule has 0 saturated carbocycles. The van der Waals surface area contributed by atoms with Crippen molar-refractivity contribution in [2.24, 2.45) is 5.92 Å². The molecule has 23 heavy (non-hydrogen) atoms. The lowest BCUT2D eigenvalue weighted by Crippen LogP contribution is -2.27. The van der Waals surface area contributed by atoms with Gasteiger partial charge in [0.25, 0.3) is 17.9 Å². The van der Waals surface area contributed by atoms with Crippen molar-refractivity contribution in [3.63, 3.8) is 0 Å². The molecule has 0 aliphatic rings. The second-order valence-electron chi connectivity index (χ2n) is 4.76. The van der Waals surface area contributed by atoms with E-state index in [2.05, 4.69) is 9.05 Å². The van der Waals surface area contributed by atoms with Crippen molar-refractivity contribution < 1.29 is 50.6 Å². The summed E-state index contributed by atoms with van der Waals surface area (Å²) in [4.78, 5) is 39.4. The topological polar surface area (TPSA) is 188 Å². The molecule has 0 aliphatic carbocycles. The van der Waals surface area contributed by atoms with Crippen molar-refractivity contribution in [2.45, 2.75) is 31.9 Å². The van der Waals surface area contributed by atoms with Gasteiger partial charge in [0, 0.05) is 0 Å². The molecule has 138 valence electrons. The standard InChI is InChI=1S/C9H20O11P2S/c1-3-8(23(16,17)18)6-7(2)9(10)19-4-5-21(11,12)20-22(13,14)15/h7-8H,3-6H2,1-2H3,(H,11,12)(H2,13,14,15)(H,16,17,18)/p-1. The first kappa shape index (κ1) is 22.7.